The van der Waals surface area contributed by atoms with Gasteiger partial charge in [-0.3, -0.25) is 10.4 Å². The van der Waals surface area contributed by atoms with E-state index in [2.05, 4.69) is 16.8 Å². The average molecular weight is 246 g/mol. The highest BCUT2D eigenvalue weighted by molar-refractivity contribution is 5.93. The number of nitrogen functional groups attached to an aromatic ring is 1. The van der Waals surface area contributed by atoms with Gasteiger partial charge in [0.25, 0.3) is 0 Å². The van der Waals surface area contributed by atoms with E-state index >= 15 is 0 Å². The second-order valence-electron chi connectivity index (χ2n) is 5.03. The number of rotatable bonds is 4. The van der Waals surface area contributed by atoms with Crippen molar-refractivity contribution >= 4 is 11.5 Å². The van der Waals surface area contributed by atoms with Crippen LogP contribution in [0.25, 0.3) is 0 Å². The Kier molecular flexibility index (Phi) is 4.18. The Morgan fingerprint density at radius 2 is 2.22 bits per heavy atom. The summed E-state index contributed by atoms with van der Waals surface area (Å²) in [7, 11) is 0. The van der Waals surface area contributed by atoms with Crippen LogP contribution in [0.2, 0.25) is 0 Å². The van der Waals surface area contributed by atoms with Crippen LogP contribution in [-0.2, 0) is 0 Å². The fourth-order valence-electron chi connectivity index (χ4n) is 2.65. The number of hydrogen-bond donors (Lipinski definition) is 2. The van der Waals surface area contributed by atoms with E-state index in [0.717, 1.165) is 24.7 Å². The number of piperidine rings is 1. The monoisotopic (exact) mass is 246 g/mol. The van der Waals surface area contributed by atoms with Crippen LogP contribution in [0, 0.1) is 11.3 Å². The highest BCUT2D eigenvalue weighted by atomic mass is 15.1. The third-order valence-electron chi connectivity index (χ3n) is 3.70. The summed E-state index contributed by atoms with van der Waals surface area (Å²) in [6.07, 6.45) is 6.92. The molecule has 4 nitrogen and oxygen atoms in total. The van der Waals surface area contributed by atoms with Crippen LogP contribution >= 0.6 is 0 Å². The molecule has 0 radical (unpaired) electrons. The summed E-state index contributed by atoms with van der Waals surface area (Å²) in [4.78, 5) is 6.48. The number of nitrogens with two attached hydrogens (primary N) is 1. The molecule has 0 spiro atoms. The fraction of sp³-hybridized carbons (Fsp3) is 0.571. The van der Waals surface area contributed by atoms with E-state index in [9.17, 15) is 0 Å². The maximum Gasteiger partial charge on any atom is 0.141 e. The van der Waals surface area contributed by atoms with Gasteiger partial charge in [0, 0.05) is 25.0 Å². The summed E-state index contributed by atoms with van der Waals surface area (Å²) in [5.74, 6) is 0.929. The molecule has 1 aliphatic rings. The second-order valence-corrected chi connectivity index (χ2v) is 5.03. The lowest BCUT2D eigenvalue weighted by molar-refractivity contribution is 0.378. The van der Waals surface area contributed by atoms with Crippen molar-refractivity contribution in [3.05, 3.63) is 24.0 Å². The molecule has 18 heavy (non-hydrogen) atoms. The van der Waals surface area contributed by atoms with Crippen molar-refractivity contribution in [2.75, 3.05) is 18.0 Å². The van der Waals surface area contributed by atoms with E-state index in [-0.39, 0.29) is 5.84 Å². The van der Waals surface area contributed by atoms with Crippen molar-refractivity contribution in [1.82, 2.24) is 4.98 Å². The lowest BCUT2D eigenvalue weighted by atomic mass is 9.92. The molecule has 1 fully saturated rings. The molecule has 0 aliphatic carbocycles. The van der Waals surface area contributed by atoms with Crippen LogP contribution in [0.15, 0.2) is 18.3 Å². The smallest absolute Gasteiger partial charge is 0.141 e. The van der Waals surface area contributed by atoms with E-state index in [1.54, 1.807) is 6.20 Å². The van der Waals surface area contributed by atoms with Gasteiger partial charge in [0.1, 0.15) is 11.5 Å². The number of nitrogens with zero attached hydrogens (tertiary/aromatic N) is 2. The van der Waals surface area contributed by atoms with Crippen LogP contribution in [0.3, 0.4) is 0 Å². The molecule has 1 aromatic heterocycles. The van der Waals surface area contributed by atoms with E-state index < -0.39 is 0 Å². The average Bonchev–Trinajstić information content (AvgIpc) is 2.40. The van der Waals surface area contributed by atoms with Gasteiger partial charge in [-0.05, 0) is 30.9 Å². The maximum atomic E-state index is 7.43. The summed E-state index contributed by atoms with van der Waals surface area (Å²) >= 11 is 0. The molecular weight excluding hydrogens is 224 g/mol. The molecular formula is C14H22N4. The number of aromatic nitrogens is 1. The van der Waals surface area contributed by atoms with Gasteiger partial charge in [-0.25, -0.2) is 0 Å². The molecule has 1 saturated heterocycles. The van der Waals surface area contributed by atoms with Crippen molar-refractivity contribution in [2.24, 2.45) is 11.7 Å². The largest absolute Gasteiger partial charge is 0.382 e. The summed E-state index contributed by atoms with van der Waals surface area (Å²) in [6, 6.07) is 3.93. The Morgan fingerprint density at radius 3 is 2.83 bits per heavy atom. The maximum absolute atomic E-state index is 7.43. The first-order valence-corrected chi connectivity index (χ1v) is 6.76. The third-order valence-corrected chi connectivity index (χ3v) is 3.70. The Balaban J connectivity index is 2.01. The van der Waals surface area contributed by atoms with Crippen molar-refractivity contribution in [3.63, 3.8) is 0 Å². The first kappa shape index (κ1) is 12.9. The Labute approximate surface area is 109 Å². The van der Waals surface area contributed by atoms with E-state index in [0.29, 0.717) is 5.69 Å². The number of nitrogens with one attached hydrogen (secondary N) is 1. The molecule has 0 amide bonds. The standard InChI is InChI=1S/C14H22N4/c1-2-3-11-5-8-18(9-6-11)12-4-7-17-13(10-12)14(15)16/h4,7,10-11H,2-3,5-6,8-9H2,1H3,(H3,15,16). The third kappa shape index (κ3) is 3.00. The molecule has 0 saturated carbocycles. The van der Waals surface area contributed by atoms with Gasteiger partial charge < -0.3 is 10.6 Å². The molecule has 3 N–H and O–H groups in total. The molecule has 2 rings (SSSR count). The number of anilines is 1. The predicted molar refractivity (Wildman–Crippen MR) is 75.1 cm³/mol. The minimum absolute atomic E-state index is 0.0396. The lowest BCUT2D eigenvalue weighted by Gasteiger charge is -2.33. The molecule has 0 unspecified atom stereocenters. The highest BCUT2D eigenvalue weighted by Gasteiger charge is 2.19. The summed E-state index contributed by atoms with van der Waals surface area (Å²) in [5.41, 5.74) is 7.19. The molecule has 1 aliphatic heterocycles. The van der Waals surface area contributed by atoms with Gasteiger partial charge in [0.2, 0.25) is 0 Å². The van der Waals surface area contributed by atoms with E-state index in [4.69, 9.17) is 11.1 Å². The number of hydrogen-bond acceptors (Lipinski definition) is 3. The van der Waals surface area contributed by atoms with E-state index in [1.165, 1.54) is 25.7 Å². The van der Waals surface area contributed by atoms with Crippen LogP contribution in [-0.4, -0.2) is 23.9 Å². The molecule has 2 heterocycles. The van der Waals surface area contributed by atoms with Crippen molar-refractivity contribution in [1.29, 1.82) is 5.41 Å². The second kappa shape index (κ2) is 5.85. The van der Waals surface area contributed by atoms with Crippen LogP contribution < -0.4 is 10.6 Å². The molecule has 1 aromatic rings. The summed E-state index contributed by atoms with van der Waals surface area (Å²) in [5, 5.41) is 7.43. The van der Waals surface area contributed by atoms with Crippen molar-refractivity contribution < 1.29 is 0 Å². The SMILES string of the molecule is CCCC1CCN(c2ccnc(C(=N)N)c2)CC1. The van der Waals surface area contributed by atoms with Crippen molar-refractivity contribution in [3.8, 4) is 0 Å². The number of amidine groups is 1. The molecule has 0 bridgehead atoms. The first-order valence-electron chi connectivity index (χ1n) is 6.76. The van der Waals surface area contributed by atoms with Gasteiger partial charge in [-0.1, -0.05) is 19.8 Å². The molecule has 4 heteroatoms. The zero-order valence-corrected chi connectivity index (χ0v) is 11.0. The lowest BCUT2D eigenvalue weighted by Crippen LogP contribution is -2.33. The Hall–Kier alpha value is -1.58. The minimum atomic E-state index is 0.0396. The molecule has 98 valence electrons. The van der Waals surface area contributed by atoms with Gasteiger partial charge in [0.15, 0.2) is 0 Å². The predicted octanol–water partition coefficient (Wildman–Crippen LogP) is 2.38. The van der Waals surface area contributed by atoms with Crippen LogP contribution in [0.1, 0.15) is 38.3 Å². The molecule has 0 aromatic carbocycles. The normalized spacial score (nSPS) is 16.8. The van der Waals surface area contributed by atoms with E-state index in [1.807, 2.05) is 12.1 Å². The minimum Gasteiger partial charge on any atom is -0.382 e. The zero-order chi connectivity index (χ0) is 13.0. The fourth-order valence-corrected chi connectivity index (χ4v) is 2.65. The van der Waals surface area contributed by atoms with Gasteiger partial charge in [0.05, 0.1) is 0 Å². The Morgan fingerprint density at radius 1 is 1.50 bits per heavy atom. The topological polar surface area (TPSA) is 66.0 Å². The van der Waals surface area contributed by atoms with Crippen LogP contribution in [0.4, 0.5) is 5.69 Å². The van der Waals surface area contributed by atoms with Crippen LogP contribution in [0.5, 0.6) is 0 Å². The van der Waals surface area contributed by atoms with Crippen molar-refractivity contribution in [2.45, 2.75) is 32.6 Å². The number of pyridine rings is 1. The summed E-state index contributed by atoms with van der Waals surface area (Å²) in [6.45, 7) is 4.46. The zero-order valence-electron chi connectivity index (χ0n) is 11.0. The Bertz CT molecular complexity index is 408. The van der Waals surface area contributed by atoms with Gasteiger partial charge >= 0.3 is 0 Å². The van der Waals surface area contributed by atoms with Gasteiger partial charge in [-0.2, -0.15) is 0 Å². The quantitative estimate of drug-likeness (QED) is 0.633. The summed E-state index contributed by atoms with van der Waals surface area (Å²) < 4.78 is 0. The molecule has 0 atom stereocenters. The first-order chi connectivity index (χ1) is 8.70. The van der Waals surface area contributed by atoms with Gasteiger partial charge in [-0.15, -0.1) is 0 Å². The highest BCUT2D eigenvalue weighted by Crippen LogP contribution is 2.25.